The van der Waals surface area contributed by atoms with Crippen LogP contribution in [0.1, 0.15) is 13.8 Å². The smallest absolute Gasteiger partial charge is 0.148 e. The second-order valence-corrected chi connectivity index (χ2v) is 1.63. The summed E-state index contributed by atoms with van der Waals surface area (Å²) < 4.78 is 0. The molecule has 0 aromatic carbocycles. The Morgan fingerprint density at radius 1 is 0.632 bits per heavy atom. The Bertz CT molecular complexity index is 90.1. The fraction of sp³-hybridized carbons (Fsp3) is 0.500. The molecule has 11 heteroatoms. The van der Waals surface area contributed by atoms with E-state index in [0.717, 1.165) is 12.5 Å². The maximum Gasteiger partial charge on any atom is 0.148 e. The molecule has 118 valence electrons. The minimum atomic E-state index is -1.17. The fourth-order valence-electron chi connectivity index (χ4n) is 0. The van der Waals surface area contributed by atoms with Gasteiger partial charge >= 0.3 is 0 Å². The van der Waals surface area contributed by atoms with Crippen LogP contribution in [0.5, 0.6) is 0 Å². The number of hydrogen-bond acceptors (Lipinski definition) is 6. The topological polar surface area (TPSA) is 121 Å². The summed E-state index contributed by atoms with van der Waals surface area (Å²) in [5.41, 5.74) is 0. The molecule has 0 aliphatic rings. The Morgan fingerprint density at radius 2 is 0.632 bits per heavy atom. The van der Waals surface area contributed by atoms with Crippen LogP contribution in [-0.2, 0) is 105 Å². The van der Waals surface area contributed by atoms with Gasteiger partial charge in [-0.2, -0.15) is 0 Å². The molecule has 0 saturated heterocycles. The van der Waals surface area contributed by atoms with Gasteiger partial charge in [-0.05, 0) is 13.8 Å². The molecule has 0 amide bonds. The van der Waals surface area contributed by atoms with Gasteiger partial charge in [0.15, 0.2) is 0 Å². The first-order chi connectivity index (χ1) is 6.29. The average molecular weight is 1130 g/mol. The molecule has 0 unspecified atom stereocenters. The van der Waals surface area contributed by atoms with Crippen molar-refractivity contribution in [3.8, 4) is 0 Å². The van der Waals surface area contributed by atoms with Gasteiger partial charge in [0, 0.05) is 105 Å². The van der Waals surface area contributed by atoms with Gasteiger partial charge in [-0.1, -0.05) is 13.2 Å². The summed E-state index contributed by atoms with van der Waals surface area (Å²) in [5, 5.41) is 45.1. The molecule has 0 saturated carbocycles. The summed E-state index contributed by atoms with van der Waals surface area (Å²) >= 11 is 0. The summed E-state index contributed by atoms with van der Waals surface area (Å²) in [4.78, 5) is 0. The van der Waals surface area contributed by atoms with E-state index in [1.807, 2.05) is 0 Å². The Kier molecular flexibility index (Phi) is 217. The molecule has 6 N–H and O–H groups in total. The molecule has 19 heavy (non-hydrogen) atoms. The van der Waals surface area contributed by atoms with E-state index < -0.39 is 12.6 Å². The van der Waals surface area contributed by atoms with Crippen LogP contribution >= 0.6 is 0 Å². The van der Waals surface area contributed by atoms with Crippen molar-refractivity contribution in [3.63, 3.8) is 0 Å². The third-order valence-corrected chi connectivity index (χ3v) is 0. The quantitative estimate of drug-likeness (QED) is 0.150. The van der Waals surface area contributed by atoms with E-state index in [0.29, 0.717) is 0 Å². The summed E-state index contributed by atoms with van der Waals surface area (Å²) in [6, 6.07) is 0. The van der Waals surface area contributed by atoms with Crippen LogP contribution in [0.2, 0.25) is 0 Å². The zero-order valence-corrected chi connectivity index (χ0v) is 25.1. The first-order valence-corrected chi connectivity index (χ1v) is 3.52. The molecule has 0 bridgehead atoms. The van der Waals surface area contributed by atoms with Crippen molar-refractivity contribution >= 4 is 0 Å². The van der Waals surface area contributed by atoms with Crippen molar-refractivity contribution in [1.82, 2.24) is 0 Å². The van der Waals surface area contributed by atoms with Crippen molar-refractivity contribution in [2.75, 3.05) is 0 Å². The van der Waals surface area contributed by atoms with Crippen LogP contribution in [0, 0.1) is 0 Å². The fourth-order valence-corrected chi connectivity index (χ4v) is 0. The summed E-state index contributed by atoms with van der Waals surface area (Å²) in [6.45, 7) is 8.39. The first kappa shape index (κ1) is 58.0. The third-order valence-electron chi connectivity index (χ3n) is 0. The molecule has 0 aliphatic carbocycles. The molecule has 6 nitrogen and oxygen atoms in total. The zero-order chi connectivity index (χ0) is 12.6. The molecular formula is C8H20O6W5. The van der Waals surface area contributed by atoms with Crippen LogP contribution in [0.25, 0.3) is 0 Å². The van der Waals surface area contributed by atoms with E-state index in [2.05, 4.69) is 13.2 Å². The minimum Gasteiger partial charge on any atom is -0.516 e. The standard InChI is InChI=1S/2C2H6O2.2C2H4O.5W/c2*1-2(3)4;2*1-2-3;;;;;/h2*2-4H,1H3;2*2-3H,1H2;;;;;. The van der Waals surface area contributed by atoms with Crippen LogP contribution in [-0.4, -0.2) is 43.2 Å². The van der Waals surface area contributed by atoms with Gasteiger partial charge in [0.25, 0.3) is 0 Å². The monoisotopic (exact) mass is 1130 g/mol. The Hall–Kier alpha value is 2.36. The summed E-state index contributed by atoms with van der Waals surface area (Å²) in [5.74, 6) is 0. The maximum absolute atomic E-state index is 7.61. The number of aliphatic hydroxyl groups excluding tert-OH is 4. The van der Waals surface area contributed by atoms with Gasteiger partial charge in [0.05, 0.1) is 12.5 Å². The molecule has 0 aromatic rings. The van der Waals surface area contributed by atoms with E-state index >= 15 is 0 Å². The SMILES string of the molecule is C=CO.C=CO.CC(O)O.CC(O)O.[W].[W].[W].[W].[W]. The van der Waals surface area contributed by atoms with E-state index in [-0.39, 0.29) is 105 Å². The predicted octanol–water partition coefficient (Wildman–Crippen LogP) is -0.00270. The average Bonchev–Trinajstić information content (AvgIpc) is 1.85. The molecule has 0 atom stereocenters. The van der Waals surface area contributed by atoms with E-state index in [4.69, 9.17) is 30.6 Å². The van der Waals surface area contributed by atoms with Crippen LogP contribution in [0.15, 0.2) is 25.7 Å². The van der Waals surface area contributed by atoms with Crippen molar-refractivity contribution < 1.29 is 136 Å². The zero-order valence-electron chi connectivity index (χ0n) is 10.4. The predicted molar refractivity (Wildman–Crippen MR) is 53.5 cm³/mol. The van der Waals surface area contributed by atoms with Crippen molar-refractivity contribution in [2.24, 2.45) is 0 Å². The van der Waals surface area contributed by atoms with Gasteiger partial charge < -0.3 is 30.6 Å². The van der Waals surface area contributed by atoms with Crippen LogP contribution < -0.4 is 0 Å². The molecule has 0 fully saturated rings. The van der Waals surface area contributed by atoms with E-state index in [1.165, 1.54) is 13.8 Å². The van der Waals surface area contributed by atoms with Gasteiger partial charge in [0.2, 0.25) is 0 Å². The van der Waals surface area contributed by atoms with E-state index in [1.54, 1.807) is 0 Å². The number of rotatable bonds is 0. The van der Waals surface area contributed by atoms with Crippen molar-refractivity contribution in [3.05, 3.63) is 25.7 Å². The molecule has 0 heterocycles. The molecule has 0 spiro atoms. The van der Waals surface area contributed by atoms with E-state index in [9.17, 15) is 0 Å². The Labute approximate surface area is 186 Å². The van der Waals surface area contributed by atoms with Crippen LogP contribution in [0.4, 0.5) is 0 Å². The third kappa shape index (κ3) is 1230. The first-order valence-electron chi connectivity index (χ1n) is 3.52. The van der Waals surface area contributed by atoms with Gasteiger partial charge in [-0.25, -0.2) is 0 Å². The van der Waals surface area contributed by atoms with Crippen molar-refractivity contribution in [2.45, 2.75) is 26.4 Å². The second-order valence-electron chi connectivity index (χ2n) is 1.63. The number of hydrogen-bond donors (Lipinski definition) is 6. The van der Waals surface area contributed by atoms with Gasteiger partial charge in [-0.3, -0.25) is 0 Å². The Morgan fingerprint density at radius 3 is 0.632 bits per heavy atom. The Balaban J connectivity index is -0.00000000929. The van der Waals surface area contributed by atoms with Crippen molar-refractivity contribution in [1.29, 1.82) is 0 Å². The molecular weight excluding hydrogens is 1110 g/mol. The normalized spacial score (nSPS) is 5.05. The van der Waals surface area contributed by atoms with Gasteiger partial charge in [0.1, 0.15) is 12.6 Å². The molecule has 0 rings (SSSR count). The molecule has 0 aliphatic heterocycles. The van der Waals surface area contributed by atoms with Gasteiger partial charge in [-0.15, -0.1) is 0 Å². The van der Waals surface area contributed by atoms with Crippen LogP contribution in [0.3, 0.4) is 0 Å². The molecule has 0 aromatic heterocycles. The maximum atomic E-state index is 7.61. The molecule has 0 radical (unpaired) electrons. The largest absolute Gasteiger partial charge is 0.516 e. The minimum absolute atomic E-state index is 0. The summed E-state index contributed by atoms with van der Waals surface area (Å²) in [7, 11) is 0. The summed E-state index contributed by atoms with van der Waals surface area (Å²) in [6.07, 6.45) is -0.833. The second kappa shape index (κ2) is 71.1. The number of aliphatic hydroxyl groups is 6.